The summed E-state index contributed by atoms with van der Waals surface area (Å²) in [7, 11) is 0. The van der Waals surface area contributed by atoms with Gasteiger partial charge in [-0.3, -0.25) is 4.90 Å². The molecule has 0 amide bonds. The van der Waals surface area contributed by atoms with Gasteiger partial charge in [0.2, 0.25) is 0 Å². The molecule has 1 aliphatic heterocycles. The van der Waals surface area contributed by atoms with E-state index in [0.717, 1.165) is 32.7 Å². The molecule has 0 aliphatic carbocycles. The van der Waals surface area contributed by atoms with Crippen LogP contribution in [0.2, 0.25) is 5.02 Å². The Morgan fingerprint density at radius 1 is 1.15 bits per heavy atom. The molecule has 2 aromatic carbocycles. The minimum Gasteiger partial charge on any atom is -0.346 e. The number of benzene rings is 2. The van der Waals surface area contributed by atoms with Crippen molar-refractivity contribution in [2.24, 2.45) is 0 Å². The third-order valence-electron chi connectivity index (χ3n) is 4.32. The van der Waals surface area contributed by atoms with Crippen LogP contribution in [0.15, 0.2) is 42.5 Å². The van der Waals surface area contributed by atoms with Crippen LogP contribution in [0.5, 0.6) is 0 Å². The summed E-state index contributed by atoms with van der Waals surface area (Å²) in [6.07, 6.45) is 0. The van der Waals surface area contributed by atoms with E-state index in [-0.39, 0.29) is 5.02 Å². The lowest BCUT2D eigenvalue weighted by Crippen LogP contribution is -2.49. The van der Waals surface area contributed by atoms with E-state index in [4.69, 9.17) is 29.1 Å². The van der Waals surface area contributed by atoms with Crippen molar-refractivity contribution in [3.63, 3.8) is 0 Å². The van der Waals surface area contributed by atoms with E-state index in [1.54, 1.807) is 6.07 Å². The van der Waals surface area contributed by atoms with Crippen LogP contribution in [-0.2, 0) is 6.54 Å². The van der Waals surface area contributed by atoms with Crippen molar-refractivity contribution in [3.05, 3.63) is 64.4 Å². The fourth-order valence-corrected chi connectivity index (χ4v) is 3.31. The maximum Gasteiger partial charge on any atom is 0.173 e. The van der Waals surface area contributed by atoms with Crippen molar-refractivity contribution in [2.45, 2.75) is 6.54 Å². The summed E-state index contributed by atoms with van der Waals surface area (Å²) in [5.41, 5.74) is 2.55. The lowest BCUT2D eigenvalue weighted by molar-refractivity contribution is 0.177. The molecule has 0 radical (unpaired) electrons. The van der Waals surface area contributed by atoms with Crippen molar-refractivity contribution in [1.82, 2.24) is 9.80 Å². The molecule has 4 nitrogen and oxygen atoms in total. The quantitative estimate of drug-likeness (QED) is 0.808. The number of thiocarbonyl (C=S) groups is 1. The van der Waals surface area contributed by atoms with Crippen LogP contribution >= 0.6 is 23.8 Å². The summed E-state index contributed by atoms with van der Waals surface area (Å²) in [5.74, 6) is -0.445. The summed E-state index contributed by atoms with van der Waals surface area (Å²) < 4.78 is 13.2. The van der Waals surface area contributed by atoms with Crippen LogP contribution < -0.4 is 5.32 Å². The smallest absolute Gasteiger partial charge is 0.173 e. The molecule has 0 bridgehead atoms. The maximum atomic E-state index is 13.2. The number of hydrogen-bond donors (Lipinski definition) is 1. The zero-order valence-corrected chi connectivity index (χ0v) is 15.7. The highest BCUT2D eigenvalue weighted by molar-refractivity contribution is 7.80. The Labute approximate surface area is 162 Å². The van der Waals surface area contributed by atoms with Crippen LogP contribution in [0, 0.1) is 17.1 Å². The van der Waals surface area contributed by atoms with Gasteiger partial charge < -0.3 is 10.2 Å². The van der Waals surface area contributed by atoms with Gasteiger partial charge in [-0.15, -0.1) is 0 Å². The minimum atomic E-state index is -0.445. The molecule has 0 spiro atoms. The zero-order chi connectivity index (χ0) is 18.5. The first-order valence-electron chi connectivity index (χ1n) is 8.27. The first-order chi connectivity index (χ1) is 12.5. The van der Waals surface area contributed by atoms with Crippen LogP contribution in [0.25, 0.3) is 0 Å². The number of nitriles is 1. The minimum absolute atomic E-state index is 0.0741. The third-order valence-corrected chi connectivity index (χ3v) is 4.97. The average Bonchev–Trinajstić information content (AvgIpc) is 2.66. The lowest BCUT2D eigenvalue weighted by Gasteiger charge is -2.36. The Morgan fingerprint density at radius 3 is 2.46 bits per heavy atom. The first-order valence-corrected chi connectivity index (χ1v) is 9.06. The van der Waals surface area contributed by atoms with E-state index < -0.39 is 5.82 Å². The number of rotatable bonds is 3. The molecule has 0 saturated carbocycles. The van der Waals surface area contributed by atoms with E-state index in [0.29, 0.717) is 16.4 Å². The second-order valence-corrected chi connectivity index (χ2v) is 6.92. The van der Waals surface area contributed by atoms with Gasteiger partial charge in [-0.1, -0.05) is 23.7 Å². The Kier molecular flexibility index (Phi) is 6.04. The Bertz CT molecular complexity index is 826. The molecule has 0 aromatic heterocycles. The van der Waals surface area contributed by atoms with E-state index in [1.165, 1.54) is 17.7 Å². The van der Waals surface area contributed by atoms with Crippen molar-refractivity contribution in [3.8, 4) is 6.07 Å². The van der Waals surface area contributed by atoms with Crippen LogP contribution in [0.4, 0.5) is 10.1 Å². The van der Waals surface area contributed by atoms with Gasteiger partial charge in [0.05, 0.1) is 16.7 Å². The fraction of sp³-hybridized carbons (Fsp3) is 0.263. The molecule has 1 aliphatic rings. The normalized spacial score (nSPS) is 14.7. The number of piperazine rings is 1. The SMILES string of the molecule is N#Cc1ccc(CN2CCN(C(=S)Nc3ccc(F)c(Cl)c3)CC2)cc1. The molecule has 26 heavy (non-hydrogen) atoms. The Morgan fingerprint density at radius 2 is 1.85 bits per heavy atom. The number of halogens is 2. The molecule has 134 valence electrons. The highest BCUT2D eigenvalue weighted by atomic mass is 35.5. The predicted molar refractivity (Wildman–Crippen MR) is 106 cm³/mol. The van der Waals surface area contributed by atoms with Gasteiger partial charge in [0.25, 0.3) is 0 Å². The summed E-state index contributed by atoms with van der Waals surface area (Å²) in [4.78, 5) is 4.46. The van der Waals surface area contributed by atoms with Crippen molar-refractivity contribution < 1.29 is 4.39 Å². The molecular weight excluding hydrogens is 371 g/mol. The second kappa shape index (κ2) is 8.45. The van der Waals surface area contributed by atoms with Gasteiger partial charge in [0, 0.05) is 38.4 Å². The van der Waals surface area contributed by atoms with Crippen LogP contribution in [0.1, 0.15) is 11.1 Å². The number of nitrogens with one attached hydrogen (secondary N) is 1. The van der Waals surface area contributed by atoms with Gasteiger partial charge in [-0.2, -0.15) is 5.26 Å². The van der Waals surface area contributed by atoms with Crippen molar-refractivity contribution in [1.29, 1.82) is 5.26 Å². The maximum absolute atomic E-state index is 13.2. The predicted octanol–water partition coefficient (Wildman–Crippen LogP) is 3.87. The zero-order valence-electron chi connectivity index (χ0n) is 14.1. The fourth-order valence-electron chi connectivity index (χ4n) is 2.83. The molecule has 1 fully saturated rings. The molecule has 2 aromatic rings. The monoisotopic (exact) mass is 388 g/mol. The molecule has 0 atom stereocenters. The largest absolute Gasteiger partial charge is 0.346 e. The number of hydrogen-bond acceptors (Lipinski definition) is 3. The lowest BCUT2D eigenvalue weighted by atomic mass is 10.1. The van der Waals surface area contributed by atoms with E-state index in [2.05, 4.69) is 21.2 Å². The average molecular weight is 389 g/mol. The standard InChI is InChI=1S/C19H18ClFN4S/c20-17-11-16(5-6-18(17)21)23-19(26)25-9-7-24(8-10-25)13-15-3-1-14(12-22)2-4-15/h1-6,11H,7-10,13H2,(H,23,26). The molecule has 1 heterocycles. The summed E-state index contributed by atoms with van der Waals surface area (Å²) in [6, 6.07) is 14.3. The van der Waals surface area contributed by atoms with Crippen molar-refractivity contribution in [2.75, 3.05) is 31.5 Å². The molecule has 1 saturated heterocycles. The Hall–Kier alpha value is -2.20. The molecular formula is C19H18ClFN4S. The topological polar surface area (TPSA) is 42.3 Å². The van der Waals surface area contributed by atoms with Crippen molar-refractivity contribution >= 4 is 34.6 Å². The molecule has 7 heteroatoms. The van der Waals surface area contributed by atoms with Crippen LogP contribution in [-0.4, -0.2) is 41.1 Å². The third kappa shape index (κ3) is 4.70. The second-order valence-electron chi connectivity index (χ2n) is 6.13. The molecule has 1 N–H and O–H groups in total. The van der Waals surface area contributed by atoms with E-state index in [9.17, 15) is 4.39 Å². The van der Waals surface area contributed by atoms with E-state index in [1.807, 2.05) is 24.3 Å². The van der Waals surface area contributed by atoms with E-state index >= 15 is 0 Å². The number of anilines is 1. The van der Waals surface area contributed by atoms with Gasteiger partial charge >= 0.3 is 0 Å². The van der Waals surface area contributed by atoms with Crippen LogP contribution in [0.3, 0.4) is 0 Å². The summed E-state index contributed by atoms with van der Waals surface area (Å²) in [5, 5.41) is 12.7. The first kappa shape index (κ1) is 18.6. The van der Waals surface area contributed by atoms with Gasteiger partial charge in [0.15, 0.2) is 5.11 Å². The summed E-state index contributed by atoms with van der Waals surface area (Å²) in [6.45, 7) is 4.28. The molecule has 3 rings (SSSR count). The van der Waals surface area contributed by atoms with Gasteiger partial charge in [0.1, 0.15) is 5.82 Å². The van der Waals surface area contributed by atoms with Gasteiger partial charge in [-0.05, 0) is 48.1 Å². The molecule has 0 unspecified atom stereocenters. The summed E-state index contributed by atoms with van der Waals surface area (Å²) >= 11 is 11.3. The van der Waals surface area contributed by atoms with Gasteiger partial charge in [-0.25, -0.2) is 4.39 Å². The highest BCUT2D eigenvalue weighted by Crippen LogP contribution is 2.20. The highest BCUT2D eigenvalue weighted by Gasteiger charge is 2.19. The Balaban J connectivity index is 1.50. The number of nitrogens with zero attached hydrogens (tertiary/aromatic N) is 3.